The summed E-state index contributed by atoms with van der Waals surface area (Å²) in [6.45, 7) is 0. The van der Waals surface area contributed by atoms with Gasteiger partial charge in [-0.25, -0.2) is 4.79 Å². The number of phenols is 1. The summed E-state index contributed by atoms with van der Waals surface area (Å²) in [6.07, 6.45) is 0. The molecule has 1 amide bonds. The summed E-state index contributed by atoms with van der Waals surface area (Å²) in [5.41, 5.74) is 0.253. The van der Waals surface area contributed by atoms with E-state index in [0.717, 1.165) is 0 Å². The van der Waals surface area contributed by atoms with Gasteiger partial charge in [0.1, 0.15) is 11.3 Å². The third-order valence-electron chi connectivity index (χ3n) is 2.89. The maximum Gasteiger partial charge on any atom is 0.339 e. The second-order valence-electron chi connectivity index (χ2n) is 4.57. The van der Waals surface area contributed by atoms with Gasteiger partial charge in [0.2, 0.25) is 0 Å². The molecule has 0 bridgehead atoms. The minimum Gasteiger partial charge on any atom is -0.507 e. The first kappa shape index (κ1) is 18.0. The molecule has 0 spiro atoms. The van der Waals surface area contributed by atoms with Crippen LogP contribution in [0.5, 0.6) is 5.75 Å². The van der Waals surface area contributed by atoms with E-state index >= 15 is 0 Å². The van der Waals surface area contributed by atoms with Crippen molar-refractivity contribution in [2.75, 3.05) is 5.32 Å². The third-order valence-corrected chi connectivity index (χ3v) is 3.64. The Kier molecular flexibility index (Phi) is 5.61. The number of carboxylic acids is 1. The minimum atomic E-state index is -1.26. The number of rotatable bonds is 3. The zero-order valence-corrected chi connectivity index (χ0v) is 14.2. The van der Waals surface area contributed by atoms with E-state index in [2.05, 4.69) is 10.6 Å². The number of hydrogen-bond donors (Lipinski definition) is 4. The topological polar surface area (TPSA) is 98.7 Å². The van der Waals surface area contributed by atoms with E-state index in [0.29, 0.717) is 10.7 Å². The van der Waals surface area contributed by atoms with E-state index in [9.17, 15) is 14.7 Å². The average Bonchev–Trinajstić information content (AvgIpc) is 2.46. The quantitative estimate of drug-likeness (QED) is 0.604. The summed E-state index contributed by atoms with van der Waals surface area (Å²) in [7, 11) is 0. The second kappa shape index (κ2) is 7.48. The highest BCUT2D eigenvalue weighted by atomic mass is 35.5. The molecule has 6 nitrogen and oxygen atoms in total. The minimum absolute atomic E-state index is 0.0477. The fourth-order valence-electron chi connectivity index (χ4n) is 1.80. The average molecular weight is 385 g/mol. The van der Waals surface area contributed by atoms with E-state index in [1.165, 1.54) is 36.4 Å². The Hall–Kier alpha value is -2.35. The number of carboxylic acid groups (broad SMARTS) is 1. The molecule has 124 valence electrons. The number of halogens is 2. The van der Waals surface area contributed by atoms with Gasteiger partial charge in [0.05, 0.1) is 10.6 Å². The SMILES string of the molecule is O=C(O)c1ccc(NC(=S)NC(=O)c2ccc(Cl)cc2Cl)cc1O. The Morgan fingerprint density at radius 1 is 1.04 bits per heavy atom. The van der Waals surface area contributed by atoms with Gasteiger partial charge in [0, 0.05) is 16.8 Å². The predicted octanol–water partition coefficient (Wildman–Crippen LogP) is 3.52. The molecule has 2 aromatic rings. The molecule has 0 saturated carbocycles. The number of nitrogens with one attached hydrogen (secondary N) is 2. The van der Waals surface area contributed by atoms with Gasteiger partial charge in [-0.1, -0.05) is 23.2 Å². The Labute approximate surface area is 152 Å². The van der Waals surface area contributed by atoms with Crippen molar-refractivity contribution >= 4 is 58.1 Å². The zero-order chi connectivity index (χ0) is 17.9. The normalized spacial score (nSPS) is 10.1. The lowest BCUT2D eigenvalue weighted by molar-refractivity contribution is 0.0693. The molecular formula is C15H10Cl2N2O4S. The van der Waals surface area contributed by atoms with E-state index < -0.39 is 17.6 Å². The Morgan fingerprint density at radius 3 is 2.29 bits per heavy atom. The molecule has 0 aromatic heterocycles. The molecule has 0 atom stereocenters. The molecule has 0 aliphatic carbocycles. The van der Waals surface area contributed by atoms with Crippen LogP contribution in [0, 0.1) is 0 Å². The molecule has 0 unspecified atom stereocenters. The van der Waals surface area contributed by atoms with Crippen molar-refractivity contribution in [3.05, 3.63) is 57.6 Å². The summed E-state index contributed by atoms with van der Waals surface area (Å²) >= 11 is 16.7. The van der Waals surface area contributed by atoms with Gasteiger partial charge in [-0.15, -0.1) is 0 Å². The molecule has 9 heteroatoms. The molecule has 2 aromatic carbocycles. The van der Waals surface area contributed by atoms with Crippen LogP contribution < -0.4 is 10.6 Å². The maximum atomic E-state index is 12.1. The lowest BCUT2D eigenvalue weighted by Crippen LogP contribution is -2.34. The number of carbonyl (C=O) groups excluding carboxylic acids is 1. The fraction of sp³-hybridized carbons (Fsp3) is 0. The predicted molar refractivity (Wildman–Crippen MR) is 95.2 cm³/mol. The third kappa shape index (κ3) is 4.35. The first-order valence-electron chi connectivity index (χ1n) is 6.41. The summed E-state index contributed by atoms with van der Waals surface area (Å²) in [4.78, 5) is 22.9. The van der Waals surface area contributed by atoms with Crippen molar-refractivity contribution in [3.63, 3.8) is 0 Å². The summed E-state index contributed by atoms with van der Waals surface area (Å²) in [5.74, 6) is -2.23. The van der Waals surface area contributed by atoms with Crippen LogP contribution in [0.25, 0.3) is 0 Å². The molecule has 0 aliphatic heterocycles. The number of aromatic carboxylic acids is 1. The van der Waals surface area contributed by atoms with Crippen LogP contribution in [0.15, 0.2) is 36.4 Å². The lowest BCUT2D eigenvalue weighted by atomic mass is 10.2. The Morgan fingerprint density at radius 2 is 1.71 bits per heavy atom. The number of hydrogen-bond acceptors (Lipinski definition) is 4. The van der Waals surface area contributed by atoms with Crippen molar-refractivity contribution in [2.45, 2.75) is 0 Å². The van der Waals surface area contributed by atoms with Gasteiger partial charge in [0.15, 0.2) is 5.11 Å². The van der Waals surface area contributed by atoms with E-state index in [1.807, 2.05) is 0 Å². The van der Waals surface area contributed by atoms with Crippen LogP contribution in [0.3, 0.4) is 0 Å². The first-order valence-corrected chi connectivity index (χ1v) is 7.58. The highest BCUT2D eigenvalue weighted by molar-refractivity contribution is 7.80. The van der Waals surface area contributed by atoms with E-state index in [4.69, 9.17) is 40.5 Å². The summed E-state index contributed by atoms with van der Waals surface area (Å²) < 4.78 is 0. The number of thiocarbonyl (C=S) groups is 1. The van der Waals surface area contributed by atoms with Crippen molar-refractivity contribution in [1.82, 2.24) is 5.32 Å². The van der Waals surface area contributed by atoms with Crippen LogP contribution >= 0.6 is 35.4 Å². The summed E-state index contributed by atoms with van der Waals surface area (Å²) in [5, 5.41) is 24.1. The number of carbonyl (C=O) groups is 2. The molecule has 24 heavy (non-hydrogen) atoms. The molecular weight excluding hydrogens is 375 g/mol. The lowest BCUT2D eigenvalue weighted by Gasteiger charge is -2.11. The summed E-state index contributed by atoms with van der Waals surface area (Å²) in [6, 6.07) is 8.18. The number of benzene rings is 2. The number of anilines is 1. The van der Waals surface area contributed by atoms with Crippen LogP contribution in [0.4, 0.5) is 5.69 Å². The van der Waals surface area contributed by atoms with Gasteiger partial charge in [-0.2, -0.15) is 0 Å². The Bertz CT molecular complexity index is 842. The zero-order valence-electron chi connectivity index (χ0n) is 11.8. The first-order chi connectivity index (χ1) is 11.3. The molecule has 0 radical (unpaired) electrons. The highest BCUT2D eigenvalue weighted by Gasteiger charge is 2.14. The van der Waals surface area contributed by atoms with Gasteiger partial charge >= 0.3 is 5.97 Å². The van der Waals surface area contributed by atoms with Crippen LogP contribution in [0.1, 0.15) is 20.7 Å². The molecule has 2 rings (SSSR count). The molecule has 4 N–H and O–H groups in total. The molecule has 0 saturated heterocycles. The monoisotopic (exact) mass is 384 g/mol. The van der Waals surface area contributed by atoms with Gasteiger partial charge in [-0.3, -0.25) is 10.1 Å². The van der Waals surface area contributed by atoms with E-state index in [1.54, 1.807) is 0 Å². The second-order valence-corrected chi connectivity index (χ2v) is 5.82. The van der Waals surface area contributed by atoms with Crippen molar-refractivity contribution in [2.24, 2.45) is 0 Å². The van der Waals surface area contributed by atoms with Crippen LogP contribution in [-0.2, 0) is 0 Å². The number of amides is 1. The molecule has 0 fully saturated rings. The largest absolute Gasteiger partial charge is 0.507 e. The fourth-order valence-corrected chi connectivity index (χ4v) is 2.50. The Balaban J connectivity index is 2.06. The van der Waals surface area contributed by atoms with Gasteiger partial charge in [-0.05, 0) is 42.5 Å². The van der Waals surface area contributed by atoms with Crippen molar-refractivity contribution in [1.29, 1.82) is 0 Å². The van der Waals surface area contributed by atoms with Crippen LogP contribution in [0.2, 0.25) is 10.0 Å². The van der Waals surface area contributed by atoms with Gasteiger partial charge < -0.3 is 15.5 Å². The highest BCUT2D eigenvalue weighted by Crippen LogP contribution is 2.22. The van der Waals surface area contributed by atoms with Gasteiger partial charge in [0.25, 0.3) is 5.91 Å². The van der Waals surface area contributed by atoms with Crippen molar-refractivity contribution < 1.29 is 19.8 Å². The number of aromatic hydroxyl groups is 1. The molecule has 0 heterocycles. The standard InChI is InChI=1S/C15H10Cl2N2O4S/c16-7-1-3-9(11(17)5-7)13(21)19-15(24)18-8-2-4-10(14(22)23)12(20)6-8/h1-6,20H,(H,22,23)(H2,18,19,21,24). The van der Waals surface area contributed by atoms with Crippen LogP contribution in [-0.4, -0.2) is 27.2 Å². The molecule has 0 aliphatic rings. The maximum absolute atomic E-state index is 12.1. The van der Waals surface area contributed by atoms with E-state index in [-0.39, 0.29) is 21.3 Å². The van der Waals surface area contributed by atoms with Crippen molar-refractivity contribution in [3.8, 4) is 5.75 Å². The smallest absolute Gasteiger partial charge is 0.339 e.